The Morgan fingerprint density at radius 1 is 1.30 bits per heavy atom. The van der Waals surface area contributed by atoms with Crippen LogP contribution in [0.4, 0.5) is 0 Å². The van der Waals surface area contributed by atoms with Gasteiger partial charge in [0.05, 0.1) is 5.75 Å². The number of aromatic nitrogens is 2. The number of hydrogen-bond acceptors (Lipinski definition) is 4. The van der Waals surface area contributed by atoms with Gasteiger partial charge in [0.25, 0.3) is 0 Å². The van der Waals surface area contributed by atoms with Crippen LogP contribution in [-0.2, 0) is 4.79 Å². The van der Waals surface area contributed by atoms with E-state index in [1.165, 1.54) is 31.0 Å². The van der Waals surface area contributed by atoms with Gasteiger partial charge in [0.15, 0.2) is 5.16 Å². The topological polar surface area (TPSA) is 54.9 Å². The first-order valence-electron chi connectivity index (χ1n) is 7.29. The molecule has 2 rings (SSSR count). The highest BCUT2D eigenvalue weighted by Crippen LogP contribution is 2.24. The first kappa shape index (κ1) is 15.3. The predicted molar refractivity (Wildman–Crippen MR) is 81.8 cm³/mol. The smallest absolute Gasteiger partial charge is 0.230 e. The minimum Gasteiger partial charge on any atom is -0.352 e. The molecule has 0 saturated heterocycles. The molecule has 1 aliphatic carbocycles. The number of carbonyl (C=O) groups excluding carboxylic acids is 1. The summed E-state index contributed by atoms with van der Waals surface area (Å²) in [6.45, 7) is 6.12. The molecule has 1 aromatic heterocycles. The van der Waals surface area contributed by atoms with Crippen molar-refractivity contribution < 1.29 is 4.79 Å². The van der Waals surface area contributed by atoms with E-state index in [4.69, 9.17) is 0 Å². The van der Waals surface area contributed by atoms with E-state index in [9.17, 15) is 4.79 Å². The van der Waals surface area contributed by atoms with Crippen LogP contribution in [0.3, 0.4) is 0 Å². The maximum Gasteiger partial charge on any atom is 0.230 e. The Balaban J connectivity index is 1.82. The lowest BCUT2D eigenvalue weighted by Gasteiger charge is -2.29. The van der Waals surface area contributed by atoms with Crippen LogP contribution < -0.4 is 5.32 Å². The quantitative estimate of drug-likeness (QED) is 0.685. The molecule has 0 unspecified atom stereocenters. The minimum atomic E-state index is 0.0940. The van der Waals surface area contributed by atoms with Gasteiger partial charge in [-0.1, -0.05) is 31.5 Å². The number of carbonyl (C=O) groups is 1. The second-order valence-corrected chi connectivity index (χ2v) is 6.60. The van der Waals surface area contributed by atoms with E-state index in [2.05, 4.69) is 22.2 Å². The van der Waals surface area contributed by atoms with Crippen molar-refractivity contribution in [2.45, 2.75) is 57.7 Å². The van der Waals surface area contributed by atoms with E-state index in [0.29, 0.717) is 22.9 Å². The number of amides is 1. The molecule has 110 valence electrons. The molecule has 1 heterocycles. The first-order chi connectivity index (χ1) is 9.54. The lowest BCUT2D eigenvalue weighted by Crippen LogP contribution is -2.41. The summed E-state index contributed by atoms with van der Waals surface area (Å²) >= 11 is 1.41. The summed E-state index contributed by atoms with van der Waals surface area (Å²) < 4.78 is 0. The number of nitrogens with one attached hydrogen (secondary N) is 1. The molecule has 20 heavy (non-hydrogen) atoms. The number of aryl methyl sites for hydroxylation is 2. The summed E-state index contributed by atoms with van der Waals surface area (Å²) in [5.41, 5.74) is 1.89. The maximum absolute atomic E-state index is 12.0. The van der Waals surface area contributed by atoms with Gasteiger partial charge in [-0.2, -0.15) is 0 Å². The molecule has 1 N–H and O–H groups in total. The third kappa shape index (κ3) is 4.47. The monoisotopic (exact) mass is 293 g/mol. The van der Waals surface area contributed by atoms with Gasteiger partial charge in [-0.25, -0.2) is 9.97 Å². The van der Waals surface area contributed by atoms with Crippen LogP contribution in [0, 0.1) is 19.8 Å². The summed E-state index contributed by atoms with van der Waals surface area (Å²) in [6.07, 6.45) is 4.84. The molecule has 4 nitrogen and oxygen atoms in total. The van der Waals surface area contributed by atoms with Crippen LogP contribution >= 0.6 is 11.8 Å². The van der Waals surface area contributed by atoms with Crippen molar-refractivity contribution >= 4 is 17.7 Å². The second-order valence-electron chi connectivity index (χ2n) is 5.66. The SMILES string of the molecule is Cc1cc(C)nc(SCC(=O)N[C@H]2CCCC[C@@H]2C)n1. The molecule has 0 aliphatic heterocycles. The van der Waals surface area contributed by atoms with Crippen LogP contribution in [0.5, 0.6) is 0 Å². The predicted octanol–water partition coefficient (Wildman–Crippen LogP) is 2.88. The van der Waals surface area contributed by atoms with Gasteiger partial charge < -0.3 is 5.32 Å². The normalized spacial score (nSPS) is 22.6. The fourth-order valence-corrected chi connectivity index (χ4v) is 3.43. The van der Waals surface area contributed by atoms with Crippen molar-refractivity contribution in [2.75, 3.05) is 5.75 Å². The van der Waals surface area contributed by atoms with Gasteiger partial charge in [0, 0.05) is 17.4 Å². The Morgan fingerprint density at radius 2 is 1.95 bits per heavy atom. The fourth-order valence-electron chi connectivity index (χ4n) is 2.67. The number of thioether (sulfide) groups is 1. The molecule has 2 atom stereocenters. The Hall–Kier alpha value is -1.10. The zero-order valence-corrected chi connectivity index (χ0v) is 13.3. The van der Waals surface area contributed by atoms with Gasteiger partial charge in [0.2, 0.25) is 5.91 Å². The average Bonchev–Trinajstić information content (AvgIpc) is 2.38. The van der Waals surface area contributed by atoms with E-state index in [-0.39, 0.29) is 5.91 Å². The van der Waals surface area contributed by atoms with Crippen molar-refractivity contribution in [1.29, 1.82) is 0 Å². The molecular formula is C15H23N3OS. The van der Waals surface area contributed by atoms with Crippen molar-refractivity contribution in [3.63, 3.8) is 0 Å². The average molecular weight is 293 g/mol. The molecule has 1 aromatic rings. The highest BCUT2D eigenvalue weighted by atomic mass is 32.2. The summed E-state index contributed by atoms with van der Waals surface area (Å²) in [4.78, 5) is 20.7. The van der Waals surface area contributed by atoms with Crippen molar-refractivity contribution in [1.82, 2.24) is 15.3 Å². The molecule has 1 aliphatic rings. The summed E-state index contributed by atoms with van der Waals surface area (Å²) in [5.74, 6) is 1.08. The van der Waals surface area contributed by atoms with E-state index in [1.54, 1.807) is 0 Å². The van der Waals surface area contributed by atoms with Crippen LogP contribution in [0.25, 0.3) is 0 Å². The van der Waals surface area contributed by atoms with Crippen LogP contribution in [0.15, 0.2) is 11.2 Å². The Bertz CT molecular complexity index is 458. The number of nitrogens with zero attached hydrogens (tertiary/aromatic N) is 2. The van der Waals surface area contributed by atoms with E-state index >= 15 is 0 Å². The standard InChI is InChI=1S/C15H23N3OS/c1-10-6-4-5-7-13(10)18-14(19)9-20-15-16-11(2)8-12(3)17-15/h8,10,13H,4-7,9H2,1-3H3,(H,18,19)/t10-,13-/m0/s1. The van der Waals surface area contributed by atoms with E-state index < -0.39 is 0 Å². The van der Waals surface area contributed by atoms with Gasteiger partial charge in [-0.3, -0.25) is 4.79 Å². The third-order valence-corrected chi connectivity index (χ3v) is 4.60. The van der Waals surface area contributed by atoms with Crippen molar-refractivity contribution in [2.24, 2.45) is 5.92 Å². The van der Waals surface area contributed by atoms with Crippen molar-refractivity contribution in [3.8, 4) is 0 Å². The Kier molecular flexibility index (Phi) is 5.40. The zero-order chi connectivity index (χ0) is 14.5. The Morgan fingerprint density at radius 3 is 2.60 bits per heavy atom. The molecule has 0 radical (unpaired) electrons. The number of rotatable bonds is 4. The van der Waals surface area contributed by atoms with Crippen molar-refractivity contribution in [3.05, 3.63) is 17.5 Å². The van der Waals surface area contributed by atoms with E-state index in [0.717, 1.165) is 17.8 Å². The van der Waals surface area contributed by atoms with Crippen LogP contribution in [0.2, 0.25) is 0 Å². The zero-order valence-electron chi connectivity index (χ0n) is 12.5. The lowest BCUT2D eigenvalue weighted by molar-refractivity contribution is -0.119. The first-order valence-corrected chi connectivity index (χ1v) is 8.27. The maximum atomic E-state index is 12.0. The van der Waals surface area contributed by atoms with Gasteiger partial charge >= 0.3 is 0 Å². The lowest BCUT2D eigenvalue weighted by atomic mass is 9.86. The fraction of sp³-hybridized carbons (Fsp3) is 0.667. The highest BCUT2D eigenvalue weighted by Gasteiger charge is 2.22. The molecule has 0 spiro atoms. The minimum absolute atomic E-state index is 0.0940. The van der Waals surface area contributed by atoms with Gasteiger partial charge in [-0.05, 0) is 38.7 Å². The highest BCUT2D eigenvalue weighted by molar-refractivity contribution is 7.99. The van der Waals surface area contributed by atoms with E-state index in [1.807, 2.05) is 19.9 Å². The van der Waals surface area contributed by atoms with Gasteiger partial charge in [0.1, 0.15) is 0 Å². The molecule has 0 bridgehead atoms. The van der Waals surface area contributed by atoms with Crippen LogP contribution in [-0.4, -0.2) is 27.7 Å². The number of hydrogen-bond donors (Lipinski definition) is 1. The van der Waals surface area contributed by atoms with Crippen LogP contribution in [0.1, 0.15) is 44.0 Å². The summed E-state index contributed by atoms with van der Waals surface area (Å²) in [7, 11) is 0. The molecule has 5 heteroatoms. The third-order valence-electron chi connectivity index (χ3n) is 3.75. The molecular weight excluding hydrogens is 270 g/mol. The molecule has 1 amide bonds. The second kappa shape index (κ2) is 7.07. The largest absolute Gasteiger partial charge is 0.352 e. The van der Waals surface area contributed by atoms with Gasteiger partial charge in [-0.15, -0.1) is 0 Å². The Labute approximate surface area is 125 Å². The molecule has 1 fully saturated rings. The molecule has 1 saturated carbocycles. The summed E-state index contributed by atoms with van der Waals surface area (Å²) in [6, 6.07) is 2.28. The summed E-state index contributed by atoms with van der Waals surface area (Å²) in [5, 5.41) is 3.84. The molecule has 0 aromatic carbocycles.